The molecular formula is C44H61NO10. The average Bonchev–Trinajstić information content (AvgIpc) is 3.14. The molecule has 0 spiro atoms. The van der Waals surface area contributed by atoms with Gasteiger partial charge in [0.05, 0.1) is 20.3 Å². The maximum atomic E-state index is 13.2. The van der Waals surface area contributed by atoms with Gasteiger partial charge in [0.1, 0.15) is 29.6 Å². The van der Waals surface area contributed by atoms with Crippen LogP contribution in [0.4, 0.5) is 5.69 Å². The first-order valence-corrected chi connectivity index (χ1v) is 19.2. The molecule has 11 nitrogen and oxygen atoms in total. The van der Waals surface area contributed by atoms with Crippen LogP contribution in [0.3, 0.4) is 0 Å². The van der Waals surface area contributed by atoms with Gasteiger partial charge < -0.3 is 40.0 Å². The van der Waals surface area contributed by atoms with Crippen LogP contribution in [0.5, 0.6) is 5.75 Å². The number of phenolic OH excluding ortho intramolecular Hbond substituents is 1. The lowest BCUT2D eigenvalue weighted by molar-refractivity contribution is -0.127. The molecule has 3 rings (SSSR count). The van der Waals surface area contributed by atoms with E-state index in [1.807, 2.05) is 0 Å². The summed E-state index contributed by atoms with van der Waals surface area (Å²) in [6, 6.07) is 3.22. The third-order valence-electron chi connectivity index (χ3n) is 10.3. The number of aliphatic hydroxyl groups excluding tert-OH is 3. The van der Waals surface area contributed by atoms with Crippen molar-refractivity contribution in [1.82, 2.24) is 0 Å². The van der Waals surface area contributed by atoms with Crippen molar-refractivity contribution in [3.8, 4) is 5.75 Å². The van der Waals surface area contributed by atoms with E-state index in [-0.39, 0.29) is 53.3 Å². The number of allylic oxidation sites excluding steroid dienone is 7. The first-order chi connectivity index (χ1) is 26.2. The zero-order valence-corrected chi connectivity index (χ0v) is 33.5. The van der Waals surface area contributed by atoms with Gasteiger partial charge in [0.25, 0.3) is 0 Å². The standard InChI is InChI=1S/C44H61NO10/c1-27(13-9-15-29(3)19-21-33-25-38(49)42(53-6)43(54-7)40(33)50)12-8-14-28(2)16-11-23-45-34-24-32-17-10-18-35(46)41(51)36(47)22-20-30(4)31(5)55-44(52)39(32)37(48)26-34/h10,13-14,17,19-20,22,24,26,30-31,33,35,40-41,45-46,48,50-51H,8-9,11-12,15-16,18,21,23,25H2,1-7H3/b17-10+,22-20-,27-13+,28-14+,29-19+/t30-,31?,33?,35+,40-,41?/m1/s1. The van der Waals surface area contributed by atoms with Crippen LogP contribution in [0.25, 0.3) is 6.08 Å². The fraction of sp³-hybridized carbons (Fsp3) is 0.523. The predicted molar refractivity (Wildman–Crippen MR) is 214 cm³/mol. The average molecular weight is 764 g/mol. The molecule has 1 aromatic rings. The predicted octanol–water partition coefficient (Wildman–Crippen LogP) is 7.27. The van der Waals surface area contributed by atoms with E-state index in [4.69, 9.17) is 14.2 Å². The number of ether oxygens (including phenoxy) is 3. The van der Waals surface area contributed by atoms with Crippen molar-refractivity contribution in [2.45, 2.75) is 117 Å². The fourth-order valence-corrected chi connectivity index (χ4v) is 6.51. The van der Waals surface area contributed by atoms with Gasteiger partial charge in [0.2, 0.25) is 11.5 Å². The highest BCUT2D eigenvalue weighted by atomic mass is 16.5. The highest BCUT2D eigenvalue weighted by Crippen LogP contribution is 2.32. The molecule has 0 bridgehead atoms. The number of phenols is 1. The van der Waals surface area contributed by atoms with Crippen molar-refractivity contribution in [3.63, 3.8) is 0 Å². The van der Waals surface area contributed by atoms with Crippen molar-refractivity contribution < 1.29 is 49.0 Å². The summed E-state index contributed by atoms with van der Waals surface area (Å²) in [6.07, 6.45) is 14.3. The molecule has 3 unspecified atom stereocenters. The van der Waals surface area contributed by atoms with Crippen LogP contribution < -0.4 is 5.32 Å². The summed E-state index contributed by atoms with van der Waals surface area (Å²) >= 11 is 0. The number of fused-ring (bicyclic) bond motifs is 1. The molecule has 0 radical (unpaired) electrons. The lowest BCUT2D eigenvalue weighted by atomic mass is 9.85. The van der Waals surface area contributed by atoms with Crippen molar-refractivity contribution in [2.24, 2.45) is 11.8 Å². The number of carbonyl (C=O) groups is 3. The third kappa shape index (κ3) is 13.7. The summed E-state index contributed by atoms with van der Waals surface area (Å²) < 4.78 is 16.0. The van der Waals surface area contributed by atoms with Gasteiger partial charge in [-0.2, -0.15) is 0 Å². The number of benzene rings is 1. The monoisotopic (exact) mass is 763 g/mol. The van der Waals surface area contributed by atoms with Gasteiger partial charge >= 0.3 is 5.97 Å². The minimum Gasteiger partial charge on any atom is -0.507 e. The van der Waals surface area contributed by atoms with Gasteiger partial charge in [0.15, 0.2) is 11.5 Å². The van der Waals surface area contributed by atoms with E-state index in [1.165, 1.54) is 49.2 Å². The van der Waals surface area contributed by atoms with Crippen LogP contribution in [0.1, 0.15) is 108 Å². The van der Waals surface area contributed by atoms with E-state index in [9.17, 15) is 34.8 Å². The maximum absolute atomic E-state index is 13.2. The molecule has 55 heavy (non-hydrogen) atoms. The van der Waals surface area contributed by atoms with Gasteiger partial charge in [-0.1, -0.05) is 60.1 Å². The molecule has 1 aromatic carbocycles. The van der Waals surface area contributed by atoms with Gasteiger partial charge in [-0.05, 0) is 96.8 Å². The number of cyclic esters (lactones) is 1. The van der Waals surface area contributed by atoms with E-state index in [0.29, 0.717) is 24.2 Å². The molecule has 2 aliphatic rings. The summed E-state index contributed by atoms with van der Waals surface area (Å²) in [5, 5.41) is 45.5. The van der Waals surface area contributed by atoms with Crippen LogP contribution in [0, 0.1) is 11.8 Å². The number of esters is 1. The smallest absolute Gasteiger partial charge is 0.342 e. The first kappa shape index (κ1) is 44.9. The van der Waals surface area contributed by atoms with Crippen LogP contribution in [-0.2, 0) is 23.8 Å². The van der Waals surface area contributed by atoms with E-state index in [1.54, 1.807) is 32.1 Å². The second-order valence-corrected chi connectivity index (χ2v) is 14.8. The number of aromatic hydroxyl groups is 1. The van der Waals surface area contributed by atoms with Crippen LogP contribution in [0.15, 0.2) is 76.8 Å². The highest BCUT2D eigenvalue weighted by molar-refractivity contribution is 5.98. The molecule has 0 fully saturated rings. The largest absolute Gasteiger partial charge is 0.507 e. The number of hydrogen-bond donors (Lipinski definition) is 5. The Morgan fingerprint density at radius 3 is 2.20 bits per heavy atom. The van der Waals surface area contributed by atoms with Crippen molar-refractivity contribution in [3.05, 3.63) is 88.0 Å². The van der Waals surface area contributed by atoms with Crippen LogP contribution in [0.2, 0.25) is 0 Å². The molecule has 302 valence electrons. The third-order valence-corrected chi connectivity index (χ3v) is 10.3. The second-order valence-electron chi connectivity index (χ2n) is 14.8. The minimum atomic E-state index is -1.59. The zero-order valence-electron chi connectivity index (χ0n) is 33.5. The molecule has 1 heterocycles. The van der Waals surface area contributed by atoms with Gasteiger partial charge in [-0.3, -0.25) is 9.59 Å². The SMILES string of the molecule is COC1=C(OC)[C@H](O)C(C/C=C(\C)CC/C=C(\C)CC/C=C(\C)CCCNc2cc(O)c3c(c2)/C=C/C[C@H](O)C(O)C(=O)/C=C\[C@@H](C)C(C)OC3=O)CC1=O. The highest BCUT2D eigenvalue weighted by Gasteiger charge is 2.36. The normalized spacial score (nSPS) is 25.9. The summed E-state index contributed by atoms with van der Waals surface area (Å²) in [5.74, 6) is -2.00. The molecule has 5 N–H and O–H groups in total. The van der Waals surface area contributed by atoms with Crippen molar-refractivity contribution >= 4 is 29.3 Å². The Morgan fingerprint density at radius 1 is 0.891 bits per heavy atom. The Bertz CT molecular complexity index is 1680. The molecule has 11 heteroatoms. The Labute approximate surface area is 326 Å². The summed E-state index contributed by atoms with van der Waals surface area (Å²) in [5.41, 5.74) is 4.83. The van der Waals surface area contributed by atoms with E-state index >= 15 is 0 Å². The lowest BCUT2D eigenvalue weighted by Gasteiger charge is -2.29. The number of hydrogen-bond acceptors (Lipinski definition) is 11. The molecule has 0 amide bonds. The van der Waals surface area contributed by atoms with Crippen molar-refractivity contribution in [1.29, 1.82) is 0 Å². The topological polar surface area (TPSA) is 172 Å². The fourth-order valence-electron chi connectivity index (χ4n) is 6.51. The number of carbonyl (C=O) groups excluding carboxylic acids is 3. The number of rotatable bonds is 15. The Hall–Kier alpha value is -4.45. The Kier molecular flexibility index (Phi) is 18.1. The number of Topliss-reactive ketones (excluding diaryl/α,β-unsaturated/α-hetero) is 1. The Morgan fingerprint density at radius 2 is 1.55 bits per heavy atom. The molecule has 0 saturated heterocycles. The van der Waals surface area contributed by atoms with Crippen LogP contribution in [-0.4, -0.2) is 83.1 Å². The van der Waals surface area contributed by atoms with E-state index in [0.717, 1.165) is 38.5 Å². The Balaban J connectivity index is 1.48. The van der Waals surface area contributed by atoms with Gasteiger partial charge in [0, 0.05) is 36.6 Å². The number of aliphatic hydroxyl groups is 3. The summed E-state index contributed by atoms with van der Waals surface area (Å²) in [6.45, 7) is 10.4. The molecule has 1 aliphatic carbocycles. The number of methoxy groups -OCH3 is 2. The van der Waals surface area contributed by atoms with Gasteiger partial charge in [-0.25, -0.2) is 4.79 Å². The molecule has 1 aliphatic heterocycles. The molecule has 0 saturated carbocycles. The number of anilines is 1. The maximum Gasteiger partial charge on any atom is 0.342 e. The molecular weight excluding hydrogens is 702 g/mol. The van der Waals surface area contributed by atoms with E-state index < -0.39 is 36.2 Å². The number of nitrogens with one attached hydrogen (secondary N) is 1. The minimum absolute atomic E-state index is 0.00207. The zero-order chi connectivity index (χ0) is 40.7. The van der Waals surface area contributed by atoms with E-state index in [2.05, 4.69) is 44.3 Å². The summed E-state index contributed by atoms with van der Waals surface area (Å²) in [7, 11) is 2.85. The molecule has 0 aromatic heterocycles. The quantitative estimate of drug-likeness (QED) is 0.0691. The lowest BCUT2D eigenvalue weighted by Crippen LogP contribution is -2.33. The number of ketones is 2. The first-order valence-electron chi connectivity index (χ1n) is 19.2. The second kappa shape index (κ2) is 22.2. The van der Waals surface area contributed by atoms with Crippen molar-refractivity contribution in [2.75, 3.05) is 26.1 Å². The summed E-state index contributed by atoms with van der Waals surface area (Å²) in [4.78, 5) is 37.8. The van der Waals surface area contributed by atoms with Gasteiger partial charge in [-0.15, -0.1) is 0 Å². The molecule has 6 atom stereocenters. The van der Waals surface area contributed by atoms with Crippen LogP contribution >= 0.6 is 0 Å².